The Labute approximate surface area is 180 Å². The molecule has 0 spiro atoms. The van der Waals surface area contributed by atoms with Crippen LogP contribution in [0, 0.1) is 6.92 Å². The van der Waals surface area contributed by atoms with Gasteiger partial charge in [-0.25, -0.2) is 0 Å². The van der Waals surface area contributed by atoms with Crippen LogP contribution >= 0.6 is 0 Å². The molecule has 1 fully saturated rings. The smallest absolute Gasteiger partial charge is 0.118 e. The Balaban J connectivity index is 1.98. The number of ether oxygens (including phenoxy) is 2. The van der Waals surface area contributed by atoms with Crippen molar-refractivity contribution >= 4 is 0 Å². The van der Waals surface area contributed by atoms with Crippen molar-refractivity contribution in [2.75, 3.05) is 27.3 Å². The maximum Gasteiger partial charge on any atom is 0.118 e. The maximum absolute atomic E-state index is 5.45. The lowest BCUT2D eigenvalue weighted by atomic mass is 9.74. The molecule has 1 saturated heterocycles. The van der Waals surface area contributed by atoms with E-state index in [1.54, 1.807) is 14.2 Å². The third-order valence-corrected chi connectivity index (χ3v) is 6.32. The van der Waals surface area contributed by atoms with Crippen molar-refractivity contribution in [2.24, 2.45) is 0 Å². The predicted octanol–water partition coefficient (Wildman–Crippen LogP) is 5.79. The zero-order valence-corrected chi connectivity index (χ0v) is 18.2. The number of nitrogens with zero attached hydrogens (tertiary/aromatic N) is 1. The van der Waals surface area contributed by atoms with Crippen LogP contribution in [0.2, 0.25) is 0 Å². The zero-order valence-electron chi connectivity index (χ0n) is 18.2. The Hall–Kier alpha value is -2.78. The van der Waals surface area contributed by atoms with Crippen molar-refractivity contribution in [1.82, 2.24) is 4.90 Å². The van der Waals surface area contributed by atoms with Crippen LogP contribution in [-0.4, -0.2) is 32.2 Å². The number of likely N-dealkylation sites (tertiary alicyclic amines) is 1. The van der Waals surface area contributed by atoms with E-state index >= 15 is 0 Å². The highest BCUT2D eigenvalue weighted by molar-refractivity contribution is 5.52. The van der Waals surface area contributed by atoms with E-state index < -0.39 is 0 Å². The van der Waals surface area contributed by atoms with E-state index in [9.17, 15) is 0 Å². The molecular formula is C27H31NO2. The first-order valence-electron chi connectivity index (χ1n) is 10.8. The number of hydrogen-bond donors (Lipinski definition) is 0. The number of methoxy groups -OCH3 is 2. The molecule has 1 aliphatic rings. The van der Waals surface area contributed by atoms with Gasteiger partial charge in [-0.05, 0) is 73.8 Å². The Morgan fingerprint density at radius 3 is 1.40 bits per heavy atom. The van der Waals surface area contributed by atoms with E-state index in [0.29, 0.717) is 0 Å². The summed E-state index contributed by atoms with van der Waals surface area (Å²) in [5.74, 6) is 1.76. The highest BCUT2D eigenvalue weighted by Crippen LogP contribution is 2.44. The van der Waals surface area contributed by atoms with Crippen LogP contribution in [0.25, 0.3) is 0 Å². The average Bonchev–Trinajstić information content (AvgIpc) is 2.82. The molecule has 4 rings (SSSR count). The van der Waals surface area contributed by atoms with Crippen molar-refractivity contribution in [3.63, 3.8) is 0 Å². The number of piperidine rings is 1. The fourth-order valence-electron chi connectivity index (χ4n) is 4.74. The molecule has 0 aromatic heterocycles. The van der Waals surface area contributed by atoms with Gasteiger partial charge in [0, 0.05) is 0 Å². The number of benzene rings is 3. The molecular weight excluding hydrogens is 370 g/mol. The topological polar surface area (TPSA) is 21.7 Å². The standard InChI is InChI=1S/C27H31NO2/c1-21-7-9-22(10-8-21)27(28-19-5-4-6-20-28,23-11-15-25(29-2)16-12-23)24-13-17-26(30-3)18-14-24/h7-18H,4-6,19-20H2,1-3H3. The molecule has 1 heterocycles. The normalized spacial score (nSPS) is 15.0. The minimum atomic E-state index is -0.355. The summed E-state index contributed by atoms with van der Waals surface area (Å²) in [5, 5.41) is 0. The summed E-state index contributed by atoms with van der Waals surface area (Å²) in [4.78, 5) is 2.66. The monoisotopic (exact) mass is 401 g/mol. The summed E-state index contributed by atoms with van der Waals surface area (Å²) >= 11 is 0. The van der Waals surface area contributed by atoms with E-state index in [-0.39, 0.29) is 5.54 Å². The molecule has 3 aromatic carbocycles. The predicted molar refractivity (Wildman–Crippen MR) is 122 cm³/mol. The first-order valence-corrected chi connectivity index (χ1v) is 10.8. The summed E-state index contributed by atoms with van der Waals surface area (Å²) in [5.41, 5.74) is 4.74. The average molecular weight is 402 g/mol. The van der Waals surface area contributed by atoms with E-state index in [1.807, 2.05) is 0 Å². The van der Waals surface area contributed by atoms with E-state index in [1.165, 1.54) is 41.5 Å². The molecule has 0 N–H and O–H groups in total. The van der Waals surface area contributed by atoms with Gasteiger partial charge in [0.25, 0.3) is 0 Å². The van der Waals surface area contributed by atoms with Crippen LogP contribution in [0.1, 0.15) is 41.5 Å². The molecule has 0 bridgehead atoms. The molecule has 0 amide bonds. The summed E-state index contributed by atoms with van der Waals surface area (Å²) < 4.78 is 10.9. The highest BCUT2D eigenvalue weighted by atomic mass is 16.5. The molecule has 0 radical (unpaired) electrons. The first-order chi connectivity index (χ1) is 14.7. The SMILES string of the molecule is COc1ccc(C(c2ccc(C)cc2)(c2ccc(OC)cc2)N2CCCCC2)cc1. The number of rotatable bonds is 6. The van der Waals surface area contributed by atoms with Crippen molar-refractivity contribution in [1.29, 1.82) is 0 Å². The van der Waals surface area contributed by atoms with Crippen molar-refractivity contribution in [2.45, 2.75) is 31.7 Å². The maximum atomic E-state index is 5.45. The lowest BCUT2D eigenvalue weighted by Crippen LogP contribution is -2.50. The third-order valence-electron chi connectivity index (χ3n) is 6.32. The van der Waals surface area contributed by atoms with Gasteiger partial charge >= 0.3 is 0 Å². The van der Waals surface area contributed by atoms with Gasteiger partial charge in [0.05, 0.1) is 19.8 Å². The Kier molecular flexibility index (Phi) is 6.10. The lowest BCUT2D eigenvalue weighted by molar-refractivity contribution is 0.127. The number of aryl methyl sites for hydroxylation is 1. The summed E-state index contributed by atoms with van der Waals surface area (Å²) in [6, 6.07) is 26.2. The van der Waals surface area contributed by atoms with Crippen LogP contribution in [0.3, 0.4) is 0 Å². The molecule has 156 valence electrons. The molecule has 1 aliphatic heterocycles. The largest absolute Gasteiger partial charge is 0.497 e. The molecule has 3 nitrogen and oxygen atoms in total. The van der Waals surface area contributed by atoms with Crippen molar-refractivity contribution < 1.29 is 9.47 Å². The first kappa shape index (κ1) is 20.5. The molecule has 0 unspecified atom stereocenters. The van der Waals surface area contributed by atoms with E-state index in [2.05, 4.69) is 84.6 Å². The molecule has 3 aromatic rings. The van der Waals surface area contributed by atoms with Gasteiger partial charge in [0.15, 0.2) is 0 Å². The fraction of sp³-hybridized carbons (Fsp3) is 0.333. The fourth-order valence-corrected chi connectivity index (χ4v) is 4.74. The van der Waals surface area contributed by atoms with Crippen LogP contribution < -0.4 is 9.47 Å². The Morgan fingerprint density at radius 2 is 1.00 bits per heavy atom. The zero-order chi connectivity index (χ0) is 21.0. The Morgan fingerprint density at radius 1 is 0.600 bits per heavy atom. The molecule has 0 atom stereocenters. The minimum absolute atomic E-state index is 0.355. The van der Waals surface area contributed by atoms with E-state index in [4.69, 9.17) is 9.47 Å². The van der Waals surface area contributed by atoms with Gasteiger partial charge < -0.3 is 9.47 Å². The molecule has 3 heteroatoms. The van der Waals surface area contributed by atoms with Crippen LogP contribution in [0.15, 0.2) is 72.8 Å². The second kappa shape index (κ2) is 8.93. The highest BCUT2D eigenvalue weighted by Gasteiger charge is 2.42. The lowest BCUT2D eigenvalue weighted by Gasteiger charge is -2.47. The number of hydrogen-bond acceptors (Lipinski definition) is 3. The van der Waals surface area contributed by atoms with Gasteiger partial charge in [0.1, 0.15) is 11.5 Å². The molecule has 30 heavy (non-hydrogen) atoms. The van der Waals surface area contributed by atoms with Gasteiger partial charge in [-0.3, -0.25) is 4.90 Å². The van der Waals surface area contributed by atoms with Crippen LogP contribution in [0.4, 0.5) is 0 Å². The summed E-state index contributed by atoms with van der Waals surface area (Å²) in [7, 11) is 3.44. The van der Waals surface area contributed by atoms with Gasteiger partial charge in [-0.1, -0.05) is 60.5 Å². The second-order valence-corrected chi connectivity index (χ2v) is 8.08. The third kappa shape index (κ3) is 3.70. The summed E-state index contributed by atoms with van der Waals surface area (Å²) in [6.45, 7) is 4.30. The van der Waals surface area contributed by atoms with Crippen molar-refractivity contribution in [3.8, 4) is 11.5 Å². The van der Waals surface area contributed by atoms with Gasteiger partial charge in [0.2, 0.25) is 0 Å². The Bertz CT molecular complexity index is 892. The molecule has 0 aliphatic carbocycles. The van der Waals surface area contributed by atoms with Crippen molar-refractivity contribution in [3.05, 3.63) is 95.1 Å². The van der Waals surface area contributed by atoms with E-state index in [0.717, 1.165) is 24.6 Å². The quantitative estimate of drug-likeness (QED) is 0.488. The van der Waals surface area contributed by atoms with Gasteiger partial charge in [-0.15, -0.1) is 0 Å². The van der Waals surface area contributed by atoms with Crippen LogP contribution in [-0.2, 0) is 5.54 Å². The van der Waals surface area contributed by atoms with Crippen LogP contribution in [0.5, 0.6) is 11.5 Å². The molecule has 0 saturated carbocycles. The summed E-state index contributed by atoms with van der Waals surface area (Å²) in [6.07, 6.45) is 3.74. The minimum Gasteiger partial charge on any atom is -0.497 e. The second-order valence-electron chi connectivity index (χ2n) is 8.08. The van der Waals surface area contributed by atoms with Gasteiger partial charge in [-0.2, -0.15) is 0 Å².